The van der Waals surface area contributed by atoms with E-state index < -0.39 is 0 Å². The van der Waals surface area contributed by atoms with E-state index in [-0.39, 0.29) is 26.1 Å². The number of rotatable bonds is 6. The fourth-order valence-corrected chi connectivity index (χ4v) is 9.56. The van der Waals surface area contributed by atoms with Crippen molar-refractivity contribution in [2.75, 3.05) is 75.8 Å². The van der Waals surface area contributed by atoms with Crippen LogP contribution in [0.2, 0.25) is 0 Å². The van der Waals surface area contributed by atoms with Crippen molar-refractivity contribution in [1.29, 1.82) is 0 Å². The molecule has 8 nitrogen and oxygen atoms in total. The molecule has 0 atom stereocenters. The lowest BCUT2D eigenvalue weighted by atomic mass is 9.79. The van der Waals surface area contributed by atoms with E-state index in [0.717, 1.165) is 93.6 Å². The zero-order valence-electron chi connectivity index (χ0n) is 35.7. The molecule has 56 heavy (non-hydrogen) atoms. The van der Waals surface area contributed by atoms with Gasteiger partial charge in [0.05, 0.1) is 5.69 Å². The second kappa shape index (κ2) is 18.6. The number of carbonyl (C=O) groups excluding carboxylic acids is 1. The van der Waals surface area contributed by atoms with Gasteiger partial charge in [0.15, 0.2) is 0 Å². The number of hydrogen-bond donors (Lipinski definition) is 0. The maximum atomic E-state index is 12.3. The van der Waals surface area contributed by atoms with E-state index in [1.807, 2.05) is 32.6 Å². The van der Waals surface area contributed by atoms with Gasteiger partial charge in [-0.2, -0.15) is 4.98 Å². The summed E-state index contributed by atoms with van der Waals surface area (Å²) < 4.78 is 0. The number of aryl methyl sites for hydroxylation is 1. The molecule has 0 unspecified atom stereocenters. The van der Waals surface area contributed by atoms with Crippen LogP contribution in [0.5, 0.6) is 0 Å². The van der Waals surface area contributed by atoms with Crippen LogP contribution in [0, 0.1) is 24.7 Å². The predicted octanol–water partition coefficient (Wildman–Crippen LogP) is 9.25. The number of amides is 1. The van der Waals surface area contributed by atoms with Gasteiger partial charge in [-0.3, -0.25) is 14.6 Å². The average molecular weight is 766 g/mol. The third kappa shape index (κ3) is 8.50. The molecule has 4 aliphatic heterocycles. The molecule has 5 fully saturated rings. The van der Waals surface area contributed by atoms with Crippen molar-refractivity contribution in [2.45, 2.75) is 119 Å². The summed E-state index contributed by atoms with van der Waals surface area (Å²) in [7, 11) is 2.32. The van der Waals surface area contributed by atoms with E-state index >= 15 is 0 Å². The van der Waals surface area contributed by atoms with Crippen molar-refractivity contribution >= 4 is 23.2 Å². The van der Waals surface area contributed by atoms with Crippen molar-refractivity contribution < 1.29 is 6.22 Å². The molecule has 8 rings (SSSR count). The molecule has 2 aliphatic carbocycles. The van der Waals surface area contributed by atoms with Crippen LogP contribution in [0.1, 0.15) is 118 Å². The molecule has 0 N–H and O–H groups in total. The Labute approximate surface area is 342 Å². The number of aromatic nitrogens is 2. The molecule has 0 bridgehead atoms. The first-order valence-electron chi connectivity index (χ1n) is 21.1. The third-order valence-electron chi connectivity index (χ3n) is 12.8. The van der Waals surface area contributed by atoms with Gasteiger partial charge in [-0.05, 0) is 99.3 Å². The van der Waals surface area contributed by atoms with Crippen molar-refractivity contribution in [1.82, 2.24) is 24.7 Å². The summed E-state index contributed by atoms with van der Waals surface area (Å²) in [6.07, 6.45) is 12.9. The molecule has 0 radical (unpaired) electrons. The molecule has 8 heteroatoms. The van der Waals surface area contributed by atoms with E-state index in [4.69, 9.17) is 9.97 Å². The second-order valence-corrected chi connectivity index (χ2v) is 16.5. The van der Waals surface area contributed by atoms with Crippen LogP contribution in [-0.2, 0) is 11.2 Å². The number of anilines is 2. The highest BCUT2D eigenvalue weighted by atomic mass is 16.2. The van der Waals surface area contributed by atoms with Gasteiger partial charge in [0.25, 0.3) is 0 Å². The quantitative estimate of drug-likeness (QED) is 0.215. The number of piperazine rings is 1. The Hall–Kier alpha value is -3.93. The largest absolute Gasteiger partial charge is 0.355 e. The summed E-state index contributed by atoms with van der Waals surface area (Å²) in [4.78, 5) is 35.7. The predicted molar refractivity (Wildman–Crippen MR) is 242 cm³/mol. The molecule has 1 saturated carbocycles. The van der Waals surface area contributed by atoms with Crippen LogP contribution in [-0.4, -0.2) is 108 Å². The lowest BCUT2D eigenvalue weighted by Gasteiger charge is -2.47. The van der Waals surface area contributed by atoms with Gasteiger partial charge in [0.1, 0.15) is 5.82 Å². The molecule has 4 saturated heterocycles. The van der Waals surface area contributed by atoms with Crippen LogP contribution in [0.15, 0.2) is 43.5 Å². The van der Waals surface area contributed by atoms with Crippen molar-refractivity contribution in [3.63, 3.8) is 0 Å². The summed E-state index contributed by atoms with van der Waals surface area (Å²) in [6, 6.07) is 5.09. The van der Waals surface area contributed by atoms with Gasteiger partial charge in [0, 0.05) is 88.5 Å². The lowest BCUT2D eigenvalue weighted by molar-refractivity contribution is -0.136. The highest BCUT2D eigenvalue weighted by molar-refractivity contribution is 5.91. The number of fused-ring (bicyclic) bond motifs is 1. The SMILES string of the molecule is C.C#CC.C=CC(=O)N1CC2(CCN(c3nc(N4CCC(N5CCN(C)C6(CC6)C5)CC4)nc(-c4c(C)ccc5c4CC(=C)C5=C)c3C(C)C)C2)C1.CC.CC.[HH]. The minimum absolute atomic E-state index is 0. The van der Waals surface area contributed by atoms with E-state index in [1.54, 1.807) is 6.92 Å². The third-order valence-corrected chi connectivity index (χ3v) is 12.8. The standard InChI is InChI=1S/C40H53N7O.C3H4.2C2H6.CH4.H2/c1-8-33(48)47-23-39(24-47)15-18-46(22-39)37-34(26(2)3)36(35-27(4)9-10-31-29(6)28(5)21-32(31)35)41-38(42-37)44-16-11-30(12-17-44)45-20-19-43(7)40(25-45)13-14-40;1-3-2;2*1-2;;/h8-10,26,30H,1,5-6,11-25H2,2-4,7H3;1H,2H3;2*1-2H3;1H4;1H. The molecule has 6 aliphatic rings. The fourth-order valence-electron chi connectivity index (χ4n) is 9.56. The zero-order valence-corrected chi connectivity index (χ0v) is 35.7. The van der Waals surface area contributed by atoms with Crippen molar-refractivity contribution in [2.24, 2.45) is 5.41 Å². The lowest BCUT2D eigenvalue weighted by Crippen LogP contribution is -2.59. The number of allylic oxidation sites excluding steroid dienone is 2. The van der Waals surface area contributed by atoms with Crippen LogP contribution in [0.3, 0.4) is 0 Å². The normalized spacial score (nSPS) is 20.8. The molecular weight excluding hydrogens is 691 g/mol. The van der Waals surface area contributed by atoms with E-state index in [1.165, 1.54) is 66.4 Å². The molecule has 1 aromatic carbocycles. The Morgan fingerprint density at radius 2 is 1.61 bits per heavy atom. The van der Waals surface area contributed by atoms with Gasteiger partial charge in [-0.1, -0.05) is 80.8 Å². The number of terminal acetylenes is 1. The first kappa shape index (κ1) is 44.8. The van der Waals surface area contributed by atoms with E-state index in [2.05, 4.69) is 91.6 Å². The Balaban J connectivity index is 0.000000912. The van der Waals surface area contributed by atoms with Crippen LogP contribution >= 0.6 is 0 Å². The highest BCUT2D eigenvalue weighted by Gasteiger charge is 2.51. The Morgan fingerprint density at radius 3 is 2.20 bits per heavy atom. The summed E-state index contributed by atoms with van der Waals surface area (Å²) in [6.45, 7) is 37.9. The summed E-state index contributed by atoms with van der Waals surface area (Å²) >= 11 is 0. The number of hydrogen-bond acceptors (Lipinski definition) is 7. The minimum atomic E-state index is 0. The Bertz CT molecular complexity index is 1790. The summed E-state index contributed by atoms with van der Waals surface area (Å²) in [5.41, 5.74) is 10.0. The van der Waals surface area contributed by atoms with Crippen molar-refractivity contribution in [3.05, 3.63) is 65.8 Å². The molecule has 308 valence electrons. The van der Waals surface area contributed by atoms with Crippen LogP contribution < -0.4 is 9.80 Å². The monoisotopic (exact) mass is 766 g/mol. The van der Waals surface area contributed by atoms with Crippen LogP contribution in [0.25, 0.3) is 16.8 Å². The Morgan fingerprint density at radius 1 is 0.964 bits per heavy atom. The number of likely N-dealkylation sites (tertiary alicyclic amines) is 1. The first-order chi connectivity index (χ1) is 26.4. The minimum Gasteiger partial charge on any atom is -0.355 e. The Kier molecular flexibility index (Phi) is 14.8. The first-order valence-corrected chi connectivity index (χ1v) is 21.1. The van der Waals surface area contributed by atoms with Gasteiger partial charge in [-0.15, -0.1) is 12.3 Å². The topological polar surface area (TPSA) is 59.1 Å². The molecule has 2 aromatic rings. The number of likely N-dealkylation sites (N-methyl/N-ethyl adjacent to an activating group) is 1. The number of nitrogens with zero attached hydrogens (tertiary/aromatic N) is 7. The van der Waals surface area contributed by atoms with Crippen LogP contribution in [0.4, 0.5) is 11.8 Å². The number of carbonyl (C=O) groups is 1. The van der Waals surface area contributed by atoms with E-state index in [0.29, 0.717) is 11.6 Å². The highest BCUT2D eigenvalue weighted by Crippen LogP contribution is 2.48. The zero-order chi connectivity index (χ0) is 40.2. The molecule has 1 amide bonds. The molecular formula is C48H75N7O. The number of piperidine rings is 1. The molecule has 1 aromatic heterocycles. The molecule has 2 spiro atoms. The van der Waals surface area contributed by atoms with Gasteiger partial charge in [-0.25, -0.2) is 4.98 Å². The average Bonchev–Trinajstić information content (AvgIpc) is 3.71. The van der Waals surface area contributed by atoms with Gasteiger partial charge in [0.2, 0.25) is 11.9 Å². The van der Waals surface area contributed by atoms with E-state index in [9.17, 15) is 4.79 Å². The maximum absolute atomic E-state index is 12.3. The second-order valence-electron chi connectivity index (χ2n) is 16.5. The number of benzene rings is 1. The maximum Gasteiger partial charge on any atom is 0.245 e. The summed E-state index contributed by atoms with van der Waals surface area (Å²) in [5, 5.41) is 0. The van der Waals surface area contributed by atoms with Gasteiger partial charge < -0.3 is 14.7 Å². The fraction of sp³-hybridized carbons (Fsp3) is 0.604. The smallest absolute Gasteiger partial charge is 0.245 e. The van der Waals surface area contributed by atoms with Crippen molar-refractivity contribution in [3.8, 4) is 23.6 Å². The van der Waals surface area contributed by atoms with Gasteiger partial charge >= 0.3 is 0 Å². The summed E-state index contributed by atoms with van der Waals surface area (Å²) in [5.74, 6) is 4.48. The molecule has 5 heterocycles.